The number of hydrogen-bond donors (Lipinski definition) is 1. The number of carbonyl (C=O) groups is 1. The zero-order valence-electron chi connectivity index (χ0n) is 14.8. The molecule has 1 N–H and O–H groups in total. The van der Waals surface area contributed by atoms with Crippen molar-refractivity contribution >= 4 is 16.9 Å². The maximum absolute atomic E-state index is 12.6. The van der Waals surface area contributed by atoms with Crippen molar-refractivity contribution in [1.29, 1.82) is 0 Å². The number of fused-ring (bicyclic) bond motifs is 1. The van der Waals surface area contributed by atoms with Crippen LogP contribution < -0.4 is 15.7 Å². The summed E-state index contributed by atoms with van der Waals surface area (Å²) in [6.07, 6.45) is 6.09. The van der Waals surface area contributed by atoms with Gasteiger partial charge in [0.05, 0.1) is 11.7 Å². The highest BCUT2D eigenvalue weighted by Gasteiger charge is 2.17. The van der Waals surface area contributed by atoms with E-state index in [9.17, 15) is 9.59 Å². The summed E-state index contributed by atoms with van der Waals surface area (Å²) in [5, 5.41) is 3.61. The molecule has 0 spiro atoms. The van der Waals surface area contributed by atoms with Gasteiger partial charge in [0.25, 0.3) is 5.91 Å². The molecule has 1 aliphatic rings. The SMILES string of the molecule is CC(C)Oc1ccc2c(C(=O)NCC3CCCCC3)cc(=O)oc2c1. The third kappa shape index (κ3) is 4.41. The van der Waals surface area contributed by atoms with Crippen molar-refractivity contribution in [2.24, 2.45) is 5.92 Å². The quantitative estimate of drug-likeness (QED) is 0.836. The van der Waals surface area contributed by atoms with E-state index in [0.717, 1.165) is 12.8 Å². The molecule has 5 nitrogen and oxygen atoms in total. The van der Waals surface area contributed by atoms with Crippen molar-refractivity contribution in [3.05, 3.63) is 40.2 Å². The number of amides is 1. The normalized spacial score (nSPS) is 15.5. The molecule has 0 bridgehead atoms. The van der Waals surface area contributed by atoms with Crippen LogP contribution in [-0.2, 0) is 0 Å². The lowest BCUT2D eigenvalue weighted by molar-refractivity contribution is 0.0944. The van der Waals surface area contributed by atoms with E-state index in [4.69, 9.17) is 9.15 Å². The highest BCUT2D eigenvalue weighted by Crippen LogP contribution is 2.25. The zero-order chi connectivity index (χ0) is 17.8. The summed E-state index contributed by atoms with van der Waals surface area (Å²) in [6.45, 7) is 4.51. The Hall–Kier alpha value is -2.30. The van der Waals surface area contributed by atoms with Gasteiger partial charge in [-0.1, -0.05) is 19.3 Å². The van der Waals surface area contributed by atoms with Gasteiger partial charge in [-0.25, -0.2) is 4.79 Å². The smallest absolute Gasteiger partial charge is 0.337 e. The van der Waals surface area contributed by atoms with E-state index in [1.165, 1.54) is 25.3 Å². The highest BCUT2D eigenvalue weighted by atomic mass is 16.5. The summed E-state index contributed by atoms with van der Waals surface area (Å²) in [4.78, 5) is 24.5. The van der Waals surface area contributed by atoms with E-state index in [1.54, 1.807) is 18.2 Å². The Labute approximate surface area is 147 Å². The van der Waals surface area contributed by atoms with Gasteiger partial charge >= 0.3 is 5.63 Å². The van der Waals surface area contributed by atoms with E-state index in [0.29, 0.717) is 34.7 Å². The van der Waals surface area contributed by atoms with Crippen LogP contribution >= 0.6 is 0 Å². The van der Waals surface area contributed by atoms with Crippen LogP contribution in [0.4, 0.5) is 0 Å². The van der Waals surface area contributed by atoms with Gasteiger partial charge in [0.15, 0.2) is 0 Å². The Morgan fingerprint density at radius 1 is 1.24 bits per heavy atom. The number of nitrogens with one attached hydrogen (secondary N) is 1. The molecule has 5 heteroatoms. The predicted molar refractivity (Wildman–Crippen MR) is 97.2 cm³/mol. The van der Waals surface area contributed by atoms with Gasteiger partial charge in [-0.05, 0) is 44.7 Å². The molecule has 0 radical (unpaired) electrons. The van der Waals surface area contributed by atoms with E-state index in [1.807, 2.05) is 13.8 Å². The molecule has 1 aliphatic carbocycles. The molecular formula is C20H25NO4. The Kier molecular flexibility index (Phi) is 5.41. The van der Waals surface area contributed by atoms with Gasteiger partial charge < -0.3 is 14.5 Å². The molecule has 3 rings (SSSR count). The molecular weight excluding hydrogens is 318 g/mol. The second kappa shape index (κ2) is 7.72. The lowest BCUT2D eigenvalue weighted by Crippen LogP contribution is -2.30. The van der Waals surface area contributed by atoms with Crippen molar-refractivity contribution in [3.8, 4) is 5.75 Å². The lowest BCUT2D eigenvalue weighted by Gasteiger charge is -2.21. The van der Waals surface area contributed by atoms with Gasteiger partial charge in [0.2, 0.25) is 0 Å². The first-order valence-electron chi connectivity index (χ1n) is 9.05. The maximum Gasteiger partial charge on any atom is 0.337 e. The van der Waals surface area contributed by atoms with Crippen molar-refractivity contribution in [2.45, 2.75) is 52.1 Å². The Balaban J connectivity index is 1.82. The molecule has 1 heterocycles. The molecule has 0 unspecified atom stereocenters. The van der Waals surface area contributed by atoms with Gasteiger partial charge in [0.1, 0.15) is 11.3 Å². The predicted octanol–water partition coefficient (Wildman–Crippen LogP) is 3.89. The second-order valence-corrected chi connectivity index (χ2v) is 7.02. The minimum absolute atomic E-state index is 0.0196. The second-order valence-electron chi connectivity index (χ2n) is 7.02. The van der Waals surface area contributed by atoms with Crippen molar-refractivity contribution < 1.29 is 13.9 Å². The van der Waals surface area contributed by atoms with Gasteiger partial charge in [-0.2, -0.15) is 0 Å². The topological polar surface area (TPSA) is 68.5 Å². The third-order valence-corrected chi connectivity index (χ3v) is 4.61. The fourth-order valence-electron chi connectivity index (χ4n) is 3.40. The number of hydrogen-bond acceptors (Lipinski definition) is 4. The minimum atomic E-state index is -0.531. The molecule has 0 atom stereocenters. The molecule has 0 aliphatic heterocycles. The van der Waals surface area contributed by atoms with Crippen LogP contribution in [-0.4, -0.2) is 18.6 Å². The molecule has 134 valence electrons. The molecule has 0 saturated heterocycles. The fourth-order valence-corrected chi connectivity index (χ4v) is 3.40. The summed E-state index contributed by atoms with van der Waals surface area (Å²) in [5.41, 5.74) is 0.198. The average Bonchev–Trinajstić information content (AvgIpc) is 2.59. The van der Waals surface area contributed by atoms with Gasteiger partial charge in [0, 0.05) is 24.1 Å². The third-order valence-electron chi connectivity index (χ3n) is 4.61. The minimum Gasteiger partial charge on any atom is -0.491 e. The molecule has 1 saturated carbocycles. The first-order chi connectivity index (χ1) is 12.0. The Bertz CT molecular complexity index is 803. The first-order valence-corrected chi connectivity index (χ1v) is 9.05. The lowest BCUT2D eigenvalue weighted by atomic mass is 9.89. The first kappa shape index (κ1) is 17.5. The highest BCUT2D eigenvalue weighted by molar-refractivity contribution is 6.05. The monoisotopic (exact) mass is 343 g/mol. The van der Waals surface area contributed by atoms with E-state index in [2.05, 4.69) is 5.32 Å². The standard InChI is InChI=1S/C20H25NO4/c1-13(2)24-15-8-9-16-17(11-19(22)25-18(16)10-15)20(23)21-12-14-6-4-3-5-7-14/h8-11,13-14H,3-7,12H2,1-2H3,(H,21,23). The molecule has 1 aromatic heterocycles. The summed E-state index contributed by atoms with van der Waals surface area (Å²) >= 11 is 0. The van der Waals surface area contributed by atoms with Crippen LogP contribution in [0, 0.1) is 5.92 Å². The fraction of sp³-hybridized carbons (Fsp3) is 0.500. The summed E-state index contributed by atoms with van der Waals surface area (Å²) in [5.74, 6) is 0.932. The van der Waals surface area contributed by atoms with Crippen LogP contribution in [0.1, 0.15) is 56.3 Å². The van der Waals surface area contributed by atoms with Crippen LogP contribution in [0.3, 0.4) is 0 Å². The summed E-state index contributed by atoms with van der Waals surface area (Å²) in [6, 6.07) is 6.49. The Morgan fingerprint density at radius 2 is 2.00 bits per heavy atom. The maximum atomic E-state index is 12.6. The van der Waals surface area contributed by atoms with Crippen molar-refractivity contribution in [1.82, 2.24) is 5.32 Å². The molecule has 1 fully saturated rings. The van der Waals surface area contributed by atoms with E-state index < -0.39 is 5.63 Å². The summed E-state index contributed by atoms with van der Waals surface area (Å²) in [7, 11) is 0. The molecule has 25 heavy (non-hydrogen) atoms. The number of carbonyl (C=O) groups excluding carboxylic acids is 1. The number of ether oxygens (including phenoxy) is 1. The van der Waals surface area contributed by atoms with Crippen LogP contribution in [0.5, 0.6) is 5.75 Å². The number of benzene rings is 1. The summed E-state index contributed by atoms with van der Waals surface area (Å²) < 4.78 is 10.9. The average molecular weight is 343 g/mol. The molecule has 2 aromatic rings. The van der Waals surface area contributed by atoms with Crippen molar-refractivity contribution in [3.63, 3.8) is 0 Å². The van der Waals surface area contributed by atoms with E-state index in [-0.39, 0.29) is 12.0 Å². The zero-order valence-corrected chi connectivity index (χ0v) is 14.8. The van der Waals surface area contributed by atoms with Crippen molar-refractivity contribution in [2.75, 3.05) is 6.54 Å². The number of rotatable bonds is 5. The van der Waals surface area contributed by atoms with Crippen LogP contribution in [0.25, 0.3) is 11.0 Å². The largest absolute Gasteiger partial charge is 0.491 e. The van der Waals surface area contributed by atoms with Gasteiger partial charge in [-0.3, -0.25) is 4.79 Å². The molecule has 1 aromatic carbocycles. The Morgan fingerprint density at radius 3 is 2.72 bits per heavy atom. The molecule has 1 amide bonds. The van der Waals surface area contributed by atoms with Crippen LogP contribution in [0.15, 0.2) is 33.5 Å². The van der Waals surface area contributed by atoms with Crippen LogP contribution in [0.2, 0.25) is 0 Å². The van der Waals surface area contributed by atoms with E-state index >= 15 is 0 Å². The van der Waals surface area contributed by atoms with Gasteiger partial charge in [-0.15, -0.1) is 0 Å².